The molecule has 3 nitrogen and oxygen atoms in total. The van der Waals surface area contributed by atoms with Crippen LogP contribution in [0.3, 0.4) is 0 Å². The minimum Gasteiger partial charge on any atom is -0.494 e. The highest BCUT2D eigenvalue weighted by atomic mass is 16.5. The number of hydrogen-bond acceptors (Lipinski definition) is 3. The van der Waals surface area contributed by atoms with E-state index in [4.69, 9.17) is 9.15 Å². The van der Waals surface area contributed by atoms with Gasteiger partial charge in [0.2, 0.25) is 0 Å². The van der Waals surface area contributed by atoms with Gasteiger partial charge in [-0.2, -0.15) is 0 Å². The average Bonchev–Trinajstić information content (AvgIpc) is 2.94. The third-order valence-corrected chi connectivity index (χ3v) is 3.29. The van der Waals surface area contributed by atoms with Crippen molar-refractivity contribution >= 4 is 11.0 Å². The van der Waals surface area contributed by atoms with E-state index in [0.29, 0.717) is 0 Å². The molecule has 3 aromatic rings. The van der Waals surface area contributed by atoms with Gasteiger partial charge in [-0.05, 0) is 37.2 Å². The summed E-state index contributed by atoms with van der Waals surface area (Å²) in [6.45, 7) is 2.38. The lowest BCUT2D eigenvalue weighted by Crippen LogP contribution is -2.16. The first-order valence-electron chi connectivity index (χ1n) is 7.28. The van der Waals surface area contributed by atoms with Crippen LogP contribution in [0, 0.1) is 0 Å². The minimum atomic E-state index is 0.719. The summed E-state index contributed by atoms with van der Waals surface area (Å²) in [7, 11) is 0. The SMILES string of the molecule is c1ccc(OCCCNCc2cc3ccccc3o2)cc1. The molecule has 0 saturated carbocycles. The quantitative estimate of drug-likeness (QED) is 0.665. The maximum atomic E-state index is 5.75. The average molecular weight is 281 g/mol. The van der Waals surface area contributed by atoms with Crippen LogP contribution >= 0.6 is 0 Å². The minimum absolute atomic E-state index is 0.719. The van der Waals surface area contributed by atoms with E-state index < -0.39 is 0 Å². The third kappa shape index (κ3) is 3.86. The van der Waals surface area contributed by atoms with Gasteiger partial charge in [0.15, 0.2) is 0 Å². The van der Waals surface area contributed by atoms with Crippen LogP contribution in [0.1, 0.15) is 12.2 Å². The van der Waals surface area contributed by atoms with Gasteiger partial charge in [0.05, 0.1) is 13.2 Å². The van der Waals surface area contributed by atoms with Crippen molar-refractivity contribution in [1.29, 1.82) is 0 Å². The molecule has 0 unspecified atom stereocenters. The first-order valence-corrected chi connectivity index (χ1v) is 7.28. The Morgan fingerprint density at radius 1 is 0.952 bits per heavy atom. The lowest BCUT2D eigenvalue weighted by Gasteiger charge is -2.06. The number of rotatable bonds is 7. The highest BCUT2D eigenvalue weighted by Gasteiger charge is 2.01. The molecule has 3 rings (SSSR count). The summed E-state index contributed by atoms with van der Waals surface area (Å²) in [4.78, 5) is 0. The van der Waals surface area contributed by atoms with Crippen molar-refractivity contribution < 1.29 is 9.15 Å². The normalized spacial score (nSPS) is 10.9. The van der Waals surface area contributed by atoms with E-state index in [0.717, 1.165) is 48.6 Å². The fourth-order valence-electron chi connectivity index (χ4n) is 2.24. The molecule has 0 bridgehead atoms. The standard InChI is InChI=1S/C18H19NO2/c1-2-8-16(9-3-1)20-12-6-11-19-14-17-13-15-7-4-5-10-18(15)21-17/h1-5,7-10,13,19H,6,11-12,14H2. The van der Waals surface area contributed by atoms with Gasteiger partial charge in [-0.15, -0.1) is 0 Å². The molecule has 0 amide bonds. The van der Waals surface area contributed by atoms with Gasteiger partial charge in [0, 0.05) is 5.39 Å². The second kappa shape index (κ2) is 6.95. The van der Waals surface area contributed by atoms with Gasteiger partial charge in [0.1, 0.15) is 17.1 Å². The zero-order valence-electron chi connectivity index (χ0n) is 11.9. The van der Waals surface area contributed by atoms with Crippen molar-refractivity contribution in [2.75, 3.05) is 13.2 Å². The number of nitrogens with one attached hydrogen (secondary N) is 1. The van der Waals surface area contributed by atoms with Gasteiger partial charge < -0.3 is 14.5 Å². The van der Waals surface area contributed by atoms with Crippen molar-refractivity contribution in [2.24, 2.45) is 0 Å². The Hall–Kier alpha value is -2.26. The Labute approximate surface area is 124 Å². The van der Waals surface area contributed by atoms with Gasteiger partial charge in [0.25, 0.3) is 0 Å². The van der Waals surface area contributed by atoms with Crippen LogP contribution in [0.2, 0.25) is 0 Å². The summed E-state index contributed by atoms with van der Waals surface area (Å²) in [6, 6.07) is 20.1. The molecule has 108 valence electrons. The van der Waals surface area contributed by atoms with Gasteiger partial charge in [-0.1, -0.05) is 36.4 Å². The Morgan fingerprint density at radius 2 is 1.76 bits per heavy atom. The zero-order chi connectivity index (χ0) is 14.3. The highest BCUT2D eigenvalue weighted by Crippen LogP contribution is 2.18. The molecule has 0 aliphatic heterocycles. The number of ether oxygens (including phenoxy) is 1. The molecule has 0 saturated heterocycles. The second-order valence-corrected chi connectivity index (χ2v) is 4.94. The molecule has 1 N–H and O–H groups in total. The monoisotopic (exact) mass is 281 g/mol. The molecule has 0 fully saturated rings. The van der Waals surface area contributed by atoms with Crippen LogP contribution in [-0.2, 0) is 6.54 Å². The summed E-state index contributed by atoms with van der Waals surface area (Å²) in [5.74, 6) is 1.90. The van der Waals surface area contributed by atoms with Gasteiger partial charge in [-0.25, -0.2) is 0 Å². The van der Waals surface area contributed by atoms with Crippen LogP contribution in [0.25, 0.3) is 11.0 Å². The number of hydrogen-bond donors (Lipinski definition) is 1. The van der Waals surface area contributed by atoms with Gasteiger partial charge in [-0.3, -0.25) is 0 Å². The lowest BCUT2D eigenvalue weighted by atomic mass is 10.2. The topological polar surface area (TPSA) is 34.4 Å². The summed E-state index contributed by atoms with van der Waals surface area (Å²) in [6.07, 6.45) is 0.967. The van der Waals surface area contributed by atoms with Gasteiger partial charge >= 0.3 is 0 Å². The summed E-state index contributed by atoms with van der Waals surface area (Å²) in [5.41, 5.74) is 0.946. The molecular formula is C18H19NO2. The van der Waals surface area contributed by atoms with E-state index >= 15 is 0 Å². The fourth-order valence-corrected chi connectivity index (χ4v) is 2.24. The van der Waals surface area contributed by atoms with Crippen LogP contribution in [0.15, 0.2) is 65.1 Å². The first kappa shape index (κ1) is 13.7. The predicted molar refractivity (Wildman–Crippen MR) is 84.5 cm³/mol. The Balaban J connectivity index is 1.36. The predicted octanol–water partition coefficient (Wildman–Crippen LogP) is 3.99. The van der Waals surface area contributed by atoms with Crippen molar-refractivity contribution in [3.63, 3.8) is 0 Å². The third-order valence-electron chi connectivity index (χ3n) is 3.29. The Bertz CT molecular complexity index is 643. The smallest absolute Gasteiger partial charge is 0.134 e. The van der Waals surface area contributed by atoms with E-state index in [2.05, 4.69) is 17.4 Å². The second-order valence-electron chi connectivity index (χ2n) is 4.94. The molecule has 2 aromatic carbocycles. The van der Waals surface area contributed by atoms with E-state index in [9.17, 15) is 0 Å². The van der Waals surface area contributed by atoms with Crippen molar-refractivity contribution in [3.8, 4) is 5.75 Å². The number of furan rings is 1. The molecule has 21 heavy (non-hydrogen) atoms. The maximum absolute atomic E-state index is 5.75. The highest BCUT2D eigenvalue weighted by molar-refractivity contribution is 5.77. The first-order chi connectivity index (χ1) is 10.4. The van der Waals surface area contributed by atoms with Crippen LogP contribution in [0.4, 0.5) is 0 Å². The summed E-state index contributed by atoms with van der Waals surface area (Å²) < 4.78 is 11.4. The lowest BCUT2D eigenvalue weighted by molar-refractivity contribution is 0.307. The summed E-state index contributed by atoms with van der Waals surface area (Å²) in [5, 5.41) is 4.53. The van der Waals surface area contributed by atoms with Crippen LogP contribution < -0.4 is 10.1 Å². The van der Waals surface area contributed by atoms with E-state index in [-0.39, 0.29) is 0 Å². The number of para-hydroxylation sites is 2. The Morgan fingerprint density at radius 3 is 2.62 bits per heavy atom. The molecule has 0 atom stereocenters. The van der Waals surface area contributed by atoms with Crippen molar-refractivity contribution in [2.45, 2.75) is 13.0 Å². The molecule has 0 spiro atoms. The molecule has 0 aliphatic carbocycles. The molecular weight excluding hydrogens is 262 g/mol. The van der Waals surface area contributed by atoms with E-state index in [1.165, 1.54) is 0 Å². The largest absolute Gasteiger partial charge is 0.494 e. The number of benzene rings is 2. The molecule has 1 heterocycles. The summed E-state index contributed by atoms with van der Waals surface area (Å²) >= 11 is 0. The van der Waals surface area contributed by atoms with E-state index in [1.807, 2.05) is 48.5 Å². The van der Waals surface area contributed by atoms with Crippen molar-refractivity contribution in [1.82, 2.24) is 5.32 Å². The molecule has 3 heteroatoms. The fraction of sp³-hybridized carbons (Fsp3) is 0.222. The molecule has 1 aromatic heterocycles. The Kier molecular flexibility index (Phi) is 4.54. The zero-order valence-corrected chi connectivity index (χ0v) is 11.9. The van der Waals surface area contributed by atoms with E-state index in [1.54, 1.807) is 0 Å². The molecule has 0 radical (unpaired) electrons. The maximum Gasteiger partial charge on any atom is 0.134 e. The molecule has 0 aliphatic rings. The van der Waals surface area contributed by atoms with Crippen molar-refractivity contribution in [3.05, 3.63) is 66.4 Å². The number of fused-ring (bicyclic) bond motifs is 1. The van der Waals surface area contributed by atoms with Crippen LogP contribution in [0.5, 0.6) is 5.75 Å². The van der Waals surface area contributed by atoms with Crippen LogP contribution in [-0.4, -0.2) is 13.2 Å².